The van der Waals surface area contributed by atoms with E-state index in [0.717, 1.165) is 5.56 Å². The number of carbonyl (C=O) groups excluding carboxylic acids is 2. The number of nitrogens with one attached hydrogen (secondary N) is 2. The normalized spacial score (nSPS) is 19.5. The Hall–Kier alpha value is -2.19. The molecule has 0 aromatic heterocycles. The summed E-state index contributed by atoms with van der Waals surface area (Å²) < 4.78 is 1.24. The molecule has 2 atom stereocenters. The van der Waals surface area contributed by atoms with Crippen LogP contribution in [0, 0.1) is 5.92 Å². The van der Waals surface area contributed by atoms with Gasteiger partial charge in [-0.15, -0.1) is 0 Å². The summed E-state index contributed by atoms with van der Waals surface area (Å²) in [6.07, 6.45) is 1.40. The Bertz CT molecular complexity index is 871. The molecule has 1 heterocycles. The van der Waals surface area contributed by atoms with E-state index in [9.17, 15) is 14.7 Å². The standard InChI is InChI=1S/C18H15Br2N3O3/c19-13-7-14(20)15(24)6-11(13)8-22-23-18(26)16-12(9-21-17(16)25)10-4-2-1-3-5-10/h1-8,12,16,24H,9H2,(H,21,25)(H,23,26)/t12-,16-/m0/s1. The first kappa shape index (κ1) is 18.6. The molecule has 0 radical (unpaired) electrons. The van der Waals surface area contributed by atoms with Crippen molar-refractivity contribution in [1.29, 1.82) is 0 Å². The number of amides is 2. The predicted octanol–water partition coefficient (Wildman–Crippen LogP) is 2.90. The van der Waals surface area contributed by atoms with Crippen molar-refractivity contribution in [2.24, 2.45) is 11.0 Å². The van der Waals surface area contributed by atoms with E-state index in [4.69, 9.17) is 0 Å². The van der Waals surface area contributed by atoms with E-state index in [1.807, 2.05) is 30.3 Å². The maximum atomic E-state index is 12.5. The Balaban J connectivity index is 1.73. The third kappa shape index (κ3) is 3.96. The van der Waals surface area contributed by atoms with Gasteiger partial charge in [0, 0.05) is 22.5 Å². The number of aromatic hydroxyl groups is 1. The molecule has 0 spiro atoms. The van der Waals surface area contributed by atoms with Crippen molar-refractivity contribution in [2.75, 3.05) is 6.54 Å². The van der Waals surface area contributed by atoms with Gasteiger partial charge in [-0.1, -0.05) is 46.3 Å². The fourth-order valence-electron chi connectivity index (χ4n) is 2.82. The van der Waals surface area contributed by atoms with E-state index in [2.05, 4.69) is 47.7 Å². The lowest BCUT2D eigenvalue weighted by Gasteiger charge is -2.15. The second-order valence-corrected chi connectivity index (χ2v) is 7.51. The van der Waals surface area contributed by atoms with Gasteiger partial charge < -0.3 is 10.4 Å². The second-order valence-electron chi connectivity index (χ2n) is 5.80. The molecule has 2 amide bonds. The van der Waals surface area contributed by atoms with E-state index in [0.29, 0.717) is 21.1 Å². The van der Waals surface area contributed by atoms with Crippen molar-refractivity contribution >= 4 is 49.9 Å². The smallest absolute Gasteiger partial charge is 0.253 e. The molecule has 2 aromatic rings. The van der Waals surface area contributed by atoms with Gasteiger partial charge in [0.25, 0.3) is 5.91 Å². The fraction of sp³-hybridized carbons (Fsp3) is 0.167. The van der Waals surface area contributed by atoms with Crippen molar-refractivity contribution in [2.45, 2.75) is 5.92 Å². The summed E-state index contributed by atoms with van der Waals surface area (Å²) in [5.41, 5.74) is 3.93. The van der Waals surface area contributed by atoms with Crippen molar-refractivity contribution in [3.05, 3.63) is 62.5 Å². The van der Waals surface area contributed by atoms with Crippen LogP contribution in [0.5, 0.6) is 5.75 Å². The Kier molecular flexibility index (Phi) is 5.73. The molecule has 0 aliphatic carbocycles. The Morgan fingerprint density at radius 3 is 2.69 bits per heavy atom. The number of hydrazone groups is 1. The lowest BCUT2D eigenvalue weighted by atomic mass is 9.88. The Morgan fingerprint density at radius 2 is 1.96 bits per heavy atom. The number of phenols is 1. The first-order chi connectivity index (χ1) is 12.5. The van der Waals surface area contributed by atoms with Crippen LogP contribution in [0.4, 0.5) is 0 Å². The molecule has 6 nitrogen and oxygen atoms in total. The minimum atomic E-state index is -0.837. The molecule has 0 unspecified atom stereocenters. The third-order valence-corrected chi connectivity index (χ3v) is 5.46. The molecule has 134 valence electrons. The van der Waals surface area contributed by atoms with Crippen molar-refractivity contribution in [1.82, 2.24) is 10.7 Å². The van der Waals surface area contributed by atoms with Gasteiger partial charge in [-0.3, -0.25) is 9.59 Å². The number of halogens is 2. The molecule has 1 fully saturated rings. The Labute approximate surface area is 166 Å². The molecule has 2 aromatic carbocycles. The molecule has 26 heavy (non-hydrogen) atoms. The minimum Gasteiger partial charge on any atom is -0.507 e. The molecule has 3 N–H and O–H groups in total. The van der Waals surface area contributed by atoms with Crippen LogP contribution in [-0.2, 0) is 9.59 Å². The van der Waals surface area contributed by atoms with Crippen LogP contribution >= 0.6 is 31.9 Å². The summed E-state index contributed by atoms with van der Waals surface area (Å²) in [7, 11) is 0. The van der Waals surface area contributed by atoms with Crippen LogP contribution in [0.3, 0.4) is 0 Å². The summed E-state index contributed by atoms with van der Waals surface area (Å²) in [6.45, 7) is 0.413. The number of rotatable bonds is 4. The quantitative estimate of drug-likeness (QED) is 0.357. The molecule has 0 saturated carbocycles. The van der Waals surface area contributed by atoms with E-state index < -0.39 is 11.8 Å². The number of nitrogens with zero attached hydrogens (tertiary/aromatic N) is 1. The topological polar surface area (TPSA) is 90.8 Å². The number of hydrogen-bond donors (Lipinski definition) is 3. The van der Waals surface area contributed by atoms with Gasteiger partial charge in [-0.25, -0.2) is 5.43 Å². The average molecular weight is 481 g/mol. The second kappa shape index (κ2) is 8.01. The minimum absolute atomic E-state index is 0.0558. The molecular formula is C18H15Br2N3O3. The molecule has 3 rings (SSSR count). The average Bonchev–Trinajstić information content (AvgIpc) is 3.01. The highest BCUT2D eigenvalue weighted by molar-refractivity contribution is 9.11. The maximum absolute atomic E-state index is 12.5. The molecule has 1 aliphatic rings. The fourth-order valence-corrected chi connectivity index (χ4v) is 3.92. The summed E-state index contributed by atoms with van der Waals surface area (Å²) in [4.78, 5) is 24.6. The van der Waals surface area contributed by atoms with Gasteiger partial charge in [0.05, 0.1) is 10.7 Å². The first-order valence-corrected chi connectivity index (χ1v) is 9.39. The van der Waals surface area contributed by atoms with E-state index in [1.165, 1.54) is 12.3 Å². The molecule has 1 saturated heterocycles. The maximum Gasteiger partial charge on any atom is 0.253 e. The lowest BCUT2D eigenvalue weighted by molar-refractivity contribution is -0.133. The van der Waals surface area contributed by atoms with E-state index in [-0.39, 0.29) is 17.6 Å². The molecule has 1 aliphatic heterocycles. The largest absolute Gasteiger partial charge is 0.507 e. The van der Waals surface area contributed by atoms with Crippen LogP contribution in [0.2, 0.25) is 0 Å². The third-order valence-electron chi connectivity index (χ3n) is 4.14. The number of hydrogen-bond acceptors (Lipinski definition) is 4. The number of phenolic OH excluding ortho intramolecular Hbond substituents is 1. The Morgan fingerprint density at radius 1 is 1.23 bits per heavy atom. The van der Waals surface area contributed by atoms with Crippen LogP contribution in [0.25, 0.3) is 0 Å². The van der Waals surface area contributed by atoms with Gasteiger partial charge in [0.15, 0.2) is 0 Å². The predicted molar refractivity (Wildman–Crippen MR) is 105 cm³/mol. The zero-order valence-electron chi connectivity index (χ0n) is 13.4. The molecule has 0 bridgehead atoms. The molecular weight excluding hydrogens is 466 g/mol. The van der Waals surface area contributed by atoms with Crippen LogP contribution in [-0.4, -0.2) is 29.7 Å². The number of carbonyl (C=O) groups is 2. The van der Waals surface area contributed by atoms with Gasteiger partial charge >= 0.3 is 0 Å². The monoisotopic (exact) mass is 479 g/mol. The van der Waals surface area contributed by atoms with Crippen LogP contribution in [0.1, 0.15) is 17.0 Å². The van der Waals surface area contributed by atoms with Gasteiger partial charge in [-0.2, -0.15) is 5.10 Å². The number of benzene rings is 2. The van der Waals surface area contributed by atoms with Crippen molar-refractivity contribution in [3.63, 3.8) is 0 Å². The van der Waals surface area contributed by atoms with Crippen LogP contribution < -0.4 is 10.7 Å². The summed E-state index contributed by atoms with van der Waals surface area (Å²) in [5.74, 6) is -1.80. The van der Waals surface area contributed by atoms with Crippen molar-refractivity contribution < 1.29 is 14.7 Å². The zero-order valence-corrected chi connectivity index (χ0v) is 16.6. The summed E-state index contributed by atoms with van der Waals surface area (Å²) in [5, 5.41) is 16.4. The van der Waals surface area contributed by atoms with Gasteiger partial charge in [0.2, 0.25) is 5.91 Å². The van der Waals surface area contributed by atoms with E-state index >= 15 is 0 Å². The van der Waals surface area contributed by atoms with Gasteiger partial charge in [-0.05, 0) is 33.6 Å². The zero-order chi connectivity index (χ0) is 18.7. The summed E-state index contributed by atoms with van der Waals surface area (Å²) in [6, 6.07) is 12.6. The lowest BCUT2D eigenvalue weighted by Crippen LogP contribution is -2.34. The first-order valence-electron chi connectivity index (χ1n) is 7.81. The highest BCUT2D eigenvalue weighted by atomic mass is 79.9. The SMILES string of the molecule is O=C1NC[C@@H](c2ccccc2)[C@@H]1C(=O)NN=Cc1cc(O)c(Br)cc1Br. The van der Waals surface area contributed by atoms with Crippen LogP contribution in [0.15, 0.2) is 56.5 Å². The summed E-state index contributed by atoms with van der Waals surface area (Å²) >= 11 is 6.57. The van der Waals surface area contributed by atoms with Crippen molar-refractivity contribution in [3.8, 4) is 5.75 Å². The highest BCUT2D eigenvalue weighted by Gasteiger charge is 2.40. The van der Waals surface area contributed by atoms with E-state index in [1.54, 1.807) is 6.07 Å². The highest BCUT2D eigenvalue weighted by Crippen LogP contribution is 2.30. The molecule has 8 heteroatoms. The van der Waals surface area contributed by atoms with Gasteiger partial charge in [0.1, 0.15) is 11.7 Å².